The molecule has 19 heavy (non-hydrogen) atoms. The number of carbonyl (C=O) groups is 1. The molecular weight excluding hydrogens is 244 g/mol. The van der Waals surface area contributed by atoms with Crippen molar-refractivity contribution in [1.29, 1.82) is 0 Å². The predicted octanol–water partition coefficient (Wildman–Crippen LogP) is 1.42. The van der Waals surface area contributed by atoms with Gasteiger partial charge in [-0.25, -0.2) is 4.79 Å². The van der Waals surface area contributed by atoms with Crippen LogP contribution in [0.25, 0.3) is 0 Å². The van der Waals surface area contributed by atoms with Gasteiger partial charge >= 0.3 is 6.03 Å². The highest BCUT2D eigenvalue weighted by molar-refractivity contribution is 5.74. The average Bonchev–Trinajstić information content (AvgIpc) is 3.24. The molecule has 0 radical (unpaired) electrons. The predicted molar refractivity (Wildman–Crippen MR) is 71.0 cm³/mol. The van der Waals surface area contributed by atoms with E-state index in [0.29, 0.717) is 6.10 Å². The lowest BCUT2D eigenvalue weighted by Crippen LogP contribution is -2.50. The third-order valence-electron chi connectivity index (χ3n) is 4.35. The second-order valence-electron chi connectivity index (χ2n) is 5.97. The summed E-state index contributed by atoms with van der Waals surface area (Å²) < 4.78 is 11.1. The number of urea groups is 1. The Bertz CT molecular complexity index is 314. The molecule has 1 aliphatic carbocycles. The summed E-state index contributed by atoms with van der Waals surface area (Å²) in [4.78, 5) is 12.0. The quantitative estimate of drug-likeness (QED) is 0.814. The van der Waals surface area contributed by atoms with Gasteiger partial charge in [0.15, 0.2) is 0 Å². The zero-order valence-corrected chi connectivity index (χ0v) is 11.4. The van der Waals surface area contributed by atoms with E-state index in [0.717, 1.165) is 51.4 Å². The Morgan fingerprint density at radius 3 is 2.32 bits per heavy atom. The number of hydrogen-bond acceptors (Lipinski definition) is 3. The van der Waals surface area contributed by atoms with Crippen molar-refractivity contribution < 1.29 is 14.3 Å². The Morgan fingerprint density at radius 1 is 0.895 bits per heavy atom. The van der Waals surface area contributed by atoms with E-state index in [-0.39, 0.29) is 18.1 Å². The van der Waals surface area contributed by atoms with Crippen LogP contribution in [0.1, 0.15) is 38.5 Å². The van der Waals surface area contributed by atoms with Crippen molar-refractivity contribution in [2.75, 3.05) is 19.8 Å². The van der Waals surface area contributed by atoms with Gasteiger partial charge in [-0.1, -0.05) is 0 Å². The minimum atomic E-state index is -0.0200. The molecule has 2 N–H and O–H groups in total. The number of ether oxygens (including phenoxy) is 2. The average molecular weight is 268 g/mol. The van der Waals surface area contributed by atoms with E-state index in [1.165, 1.54) is 12.8 Å². The Kier molecular flexibility index (Phi) is 4.23. The molecule has 2 atom stereocenters. The first kappa shape index (κ1) is 13.2. The van der Waals surface area contributed by atoms with Gasteiger partial charge in [0.05, 0.1) is 6.10 Å². The van der Waals surface area contributed by atoms with Gasteiger partial charge in [-0.15, -0.1) is 0 Å². The fourth-order valence-electron chi connectivity index (χ4n) is 3.01. The third kappa shape index (κ3) is 3.83. The summed E-state index contributed by atoms with van der Waals surface area (Å²) in [5.74, 6) is 0.753. The van der Waals surface area contributed by atoms with Gasteiger partial charge in [0, 0.05) is 31.9 Å². The minimum Gasteiger partial charge on any atom is -0.381 e. The third-order valence-corrected chi connectivity index (χ3v) is 4.35. The van der Waals surface area contributed by atoms with Crippen LogP contribution < -0.4 is 10.6 Å². The molecule has 2 amide bonds. The molecule has 3 aliphatic rings. The maximum absolute atomic E-state index is 12.0. The Balaban J connectivity index is 1.40. The van der Waals surface area contributed by atoms with E-state index < -0.39 is 0 Å². The fourth-order valence-corrected chi connectivity index (χ4v) is 3.01. The minimum absolute atomic E-state index is 0.0200. The van der Waals surface area contributed by atoms with Gasteiger partial charge < -0.3 is 20.1 Å². The molecule has 0 bridgehead atoms. The lowest BCUT2D eigenvalue weighted by atomic mass is 10.0. The van der Waals surface area contributed by atoms with Crippen molar-refractivity contribution in [2.24, 2.45) is 5.92 Å². The molecule has 2 saturated heterocycles. The lowest BCUT2D eigenvalue weighted by Gasteiger charge is -2.31. The number of hydrogen-bond donors (Lipinski definition) is 2. The molecule has 2 heterocycles. The summed E-state index contributed by atoms with van der Waals surface area (Å²) >= 11 is 0. The van der Waals surface area contributed by atoms with Gasteiger partial charge in [0.25, 0.3) is 0 Å². The van der Waals surface area contributed by atoms with Crippen molar-refractivity contribution in [1.82, 2.24) is 10.6 Å². The molecule has 2 aliphatic heterocycles. The molecule has 0 aromatic carbocycles. The van der Waals surface area contributed by atoms with E-state index >= 15 is 0 Å². The monoisotopic (exact) mass is 268 g/mol. The van der Waals surface area contributed by atoms with E-state index in [1.54, 1.807) is 0 Å². The standard InChI is InChI=1S/C14H24N2O3/c17-14(15-11-3-6-18-7-4-11)16-12-5-8-19-13(9-12)10-1-2-10/h10-13H,1-9H2,(H2,15,16,17)/t12-,13-/m0/s1. The summed E-state index contributed by atoms with van der Waals surface area (Å²) in [6.07, 6.45) is 6.73. The smallest absolute Gasteiger partial charge is 0.315 e. The van der Waals surface area contributed by atoms with Crippen LogP contribution in [0.5, 0.6) is 0 Å². The second-order valence-corrected chi connectivity index (χ2v) is 5.97. The summed E-state index contributed by atoms with van der Waals surface area (Å²) in [7, 11) is 0. The zero-order chi connectivity index (χ0) is 13.1. The molecule has 5 nitrogen and oxygen atoms in total. The fraction of sp³-hybridized carbons (Fsp3) is 0.929. The highest BCUT2D eigenvalue weighted by atomic mass is 16.5. The molecule has 0 aromatic rings. The Labute approximate surface area is 114 Å². The molecule has 3 fully saturated rings. The van der Waals surface area contributed by atoms with Crippen LogP contribution >= 0.6 is 0 Å². The topological polar surface area (TPSA) is 59.6 Å². The molecule has 0 aromatic heterocycles. The van der Waals surface area contributed by atoms with Crippen LogP contribution in [-0.2, 0) is 9.47 Å². The van der Waals surface area contributed by atoms with Gasteiger partial charge in [-0.2, -0.15) is 0 Å². The van der Waals surface area contributed by atoms with Gasteiger partial charge in [-0.3, -0.25) is 0 Å². The van der Waals surface area contributed by atoms with Gasteiger partial charge in [0.1, 0.15) is 0 Å². The molecule has 108 valence electrons. The van der Waals surface area contributed by atoms with Gasteiger partial charge in [-0.05, 0) is 44.4 Å². The maximum atomic E-state index is 12.0. The molecule has 1 saturated carbocycles. The highest BCUT2D eigenvalue weighted by Gasteiger charge is 2.36. The normalized spacial score (nSPS) is 32.8. The first-order valence-corrected chi connectivity index (χ1v) is 7.57. The largest absolute Gasteiger partial charge is 0.381 e. The van der Waals surface area contributed by atoms with Crippen molar-refractivity contribution in [3.05, 3.63) is 0 Å². The van der Waals surface area contributed by atoms with Crippen LogP contribution in [0.4, 0.5) is 4.79 Å². The summed E-state index contributed by atoms with van der Waals surface area (Å²) in [6.45, 7) is 2.29. The van der Waals surface area contributed by atoms with E-state index in [2.05, 4.69) is 10.6 Å². The molecule has 5 heteroatoms. The number of nitrogens with one attached hydrogen (secondary N) is 2. The zero-order valence-electron chi connectivity index (χ0n) is 11.4. The Hall–Kier alpha value is -0.810. The molecule has 3 rings (SSSR count). The molecule has 0 spiro atoms. The SMILES string of the molecule is O=C(NC1CCOCC1)N[C@H]1CCO[C@H](C2CC2)C1. The highest BCUT2D eigenvalue weighted by Crippen LogP contribution is 2.38. The molecule has 0 unspecified atom stereocenters. The number of amides is 2. The van der Waals surface area contributed by atoms with Gasteiger partial charge in [0.2, 0.25) is 0 Å². The van der Waals surface area contributed by atoms with Crippen LogP contribution in [0, 0.1) is 5.92 Å². The number of carbonyl (C=O) groups excluding carboxylic acids is 1. The maximum Gasteiger partial charge on any atom is 0.315 e. The van der Waals surface area contributed by atoms with Crippen molar-refractivity contribution in [3.8, 4) is 0 Å². The number of rotatable bonds is 3. The summed E-state index contributed by atoms with van der Waals surface area (Å²) in [6, 6.07) is 0.528. The van der Waals surface area contributed by atoms with Crippen LogP contribution in [0.2, 0.25) is 0 Å². The first-order chi connectivity index (χ1) is 9.31. The van der Waals surface area contributed by atoms with Crippen molar-refractivity contribution in [3.63, 3.8) is 0 Å². The lowest BCUT2D eigenvalue weighted by molar-refractivity contribution is -0.00927. The van der Waals surface area contributed by atoms with E-state index in [4.69, 9.17) is 9.47 Å². The van der Waals surface area contributed by atoms with Crippen LogP contribution in [0.3, 0.4) is 0 Å². The first-order valence-electron chi connectivity index (χ1n) is 7.57. The van der Waals surface area contributed by atoms with Crippen LogP contribution in [-0.4, -0.2) is 44.0 Å². The summed E-state index contributed by atoms with van der Waals surface area (Å²) in [5.41, 5.74) is 0. The van der Waals surface area contributed by atoms with E-state index in [9.17, 15) is 4.79 Å². The van der Waals surface area contributed by atoms with E-state index in [1.807, 2.05) is 0 Å². The molecular formula is C14H24N2O3. The summed E-state index contributed by atoms with van der Waals surface area (Å²) in [5, 5.41) is 6.16. The second kappa shape index (κ2) is 6.09. The van der Waals surface area contributed by atoms with Crippen molar-refractivity contribution >= 4 is 6.03 Å². The van der Waals surface area contributed by atoms with Crippen molar-refractivity contribution in [2.45, 2.75) is 56.7 Å². The van der Waals surface area contributed by atoms with Crippen LogP contribution in [0.15, 0.2) is 0 Å². The Morgan fingerprint density at radius 2 is 1.58 bits per heavy atom.